The number of thioether (sulfide) groups is 1. The molecule has 40 heavy (non-hydrogen) atoms. The van der Waals surface area contributed by atoms with Gasteiger partial charge in [-0.1, -0.05) is 54.2 Å². The van der Waals surface area contributed by atoms with Gasteiger partial charge in [-0.2, -0.15) is 10.5 Å². The lowest BCUT2D eigenvalue weighted by Gasteiger charge is -2.17. The molecule has 0 aliphatic carbocycles. The Balaban J connectivity index is 1.55. The highest BCUT2D eigenvalue weighted by molar-refractivity contribution is 8.00. The van der Waals surface area contributed by atoms with E-state index in [0.717, 1.165) is 11.8 Å². The van der Waals surface area contributed by atoms with Crippen LogP contribution in [0.15, 0.2) is 75.1 Å². The normalized spacial score (nSPS) is 11.7. The van der Waals surface area contributed by atoms with Gasteiger partial charge in [0.15, 0.2) is 5.82 Å². The molecule has 0 aliphatic rings. The Kier molecular flexibility index (Phi) is 8.38. The van der Waals surface area contributed by atoms with Gasteiger partial charge in [0, 0.05) is 17.3 Å². The molecule has 4 N–H and O–H groups in total. The molecule has 0 bridgehead atoms. The summed E-state index contributed by atoms with van der Waals surface area (Å²) in [5.41, 5.74) is 7.70. The van der Waals surface area contributed by atoms with Crippen LogP contribution in [0.5, 0.6) is 0 Å². The van der Waals surface area contributed by atoms with Crippen molar-refractivity contribution in [2.24, 2.45) is 0 Å². The smallest absolute Gasteiger partial charge is 0.263 e. The number of hydrogen-bond donors (Lipinski definition) is 3. The number of nitrogens with one attached hydrogen (secondary N) is 2. The second-order valence-electron chi connectivity index (χ2n) is 8.47. The maximum absolute atomic E-state index is 13.2. The largest absolute Gasteiger partial charge is 0.383 e. The van der Waals surface area contributed by atoms with Crippen molar-refractivity contribution in [3.8, 4) is 23.3 Å². The van der Waals surface area contributed by atoms with Crippen LogP contribution in [0.25, 0.3) is 11.1 Å². The monoisotopic (exact) mass is 573 g/mol. The number of aromatic nitrogens is 2. The number of nitrogens with zero attached hydrogens (tertiary/aromatic N) is 4. The number of sulfonamides is 1. The van der Waals surface area contributed by atoms with E-state index in [-0.39, 0.29) is 38.6 Å². The molecule has 202 valence electrons. The van der Waals surface area contributed by atoms with E-state index in [9.17, 15) is 23.7 Å². The Bertz CT molecular complexity index is 1740. The summed E-state index contributed by atoms with van der Waals surface area (Å²) < 4.78 is 32.4. The van der Waals surface area contributed by atoms with Gasteiger partial charge in [0.1, 0.15) is 34.3 Å². The van der Waals surface area contributed by atoms with Crippen molar-refractivity contribution in [1.82, 2.24) is 10.1 Å². The van der Waals surface area contributed by atoms with Crippen LogP contribution in [0.3, 0.4) is 0 Å². The third-order valence-electron chi connectivity index (χ3n) is 5.69. The summed E-state index contributed by atoms with van der Waals surface area (Å²) in [6.07, 6.45) is 0.386. The maximum Gasteiger partial charge on any atom is 0.263 e. The first kappa shape index (κ1) is 28.2. The van der Waals surface area contributed by atoms with E-state index >= 15 is 0 Å². The summed E-state index contributed by atoms with van der Waals surface area (Å²) >= 11 is 1.06. The van der Waals surface area contributed by atoms with Crippen molar-refractivity contribution in [2.45, 2.75) is 35.4 Å². The molecule has 4 aromatic rings. The van der Waals surface area contributed by atoms with Crippen LogP contribution in [0, 0.1) is 29.6 Å². The highest BCUT2D eigenvalue weighted by Crippen LogP contribution is 2.37. The lowest BCUT2D eigenvalue weighted by Crippen LogP contribution is -2.25. The molecule has 2 aromatic carbocycles. The van der Waals surface area contributed by atoms with E-state index in [1.807, 2.05) is 12.1 Å². The van der Waals surface area contributed by atoms with E-state index in [4.69, 9.17) is 10.3 Å². The molecule has 1 amide bonds. The Morgan fingerprint density at radius 3 is 2.35 bits per heavy atom. The summed E-state index contributed by atoms with van der Waals surface area (Å²) in [7, 11) is -3.91. The number of carbonyl (C=O) groups is 1. The van der Waals surface area contributed by atoms with Gasteiger partial charge in [-0.3, -0.25) is 9.52 Å². The van der Waals surface area contributed by atoms with Gasteiger partial charge in [0.05, 0.1) is 15.7 Å². The van der Waals surface area contributed by atoms with Crippen molar-refractivity contribution in [3.63, 3.8) is 0 Å². The Labute approximate surface area is 235 Å². The standard InChI is InChI=1S/C27H23N7O4S2/c1-3-22(39-27-21(15-29)24(17-7-5-4-6-8-17)20(14-28)25(30)32-27)26(35)31-18-9-11-19(12-10-18)40(36,37)34-23-13-16(2)38-33-23/h4-13,22H,3H2,1-2H3,(H2,30,32)(H,31,35)(H,33,34). The van der Waals surface area contributed by atoms with Crippen LogP contribution >= 0.6 is 11.8 Å². The molecule has 13 heteroatoms. The zero-order valence-electron chi connectivity index (χ0n) is 21.4. The number of aryl methyl sites for hydroxylation is 1. The minimum absolute atomic E-state index is 0.0306. The fraction of sp³-hybridized carbons (Fsp3) is 0.148. The summed E-state index contributed by atoms with van der Waals surface area (Å²) in [5, 5.41) is 25.7. The van der Waals surface area contributed by atoms with Gasteiger partial charge in [0.25, 0.3) is 10.0 Å². The van der Waals surface area contributed by atoms with Crippen LogP contribution in [0.4, 0.5) is 17.3 Å². The highest BCUT2D eigenvalue weighted by atomic mass is 32.2. The minimum Gasteiger partial charge on any atom is -0.383 e. The highest BCUT2D eigenvalue weighted by Gasteiger charge is 2.26. The molecule has 0 saturated carbocycles. The van der Waals surface area contributed by atoms with Crippen molar-refractivity contribution < 1.29 is 17.7 Å². The van der Waals surface area contributed by atoms with Crippen LogP contribution in [-0.4, -0.2) is 29.7 Å². The van der Waals surface area contributed by atoms with Crippen molar-refractivity contribution >= 4 is 45.0 Å². The third-order valence-corrected chi connectivity index (χ3v) is 8.42. The summed E-state index contributed by atoms with van der Waals surface area (Å²) in [4.78, 5) is 17.4. The number of nitrogens with two attached hydrogens (primary N) is 1. The molecule has 0 aliphatic heterocycles. The number of benzene rings is 2. The zero-order chi connectivity index (χ0) is 28.9. The Morgan fingerprint density at radius 1 is 1.10 bits per heavy atom. The number of nitrogen functional groups attached to an aromatic ring is 1. The molecule has 0 spiro atoms. The predicted molar refractivity (Wildman–Crippen MR) is 151 cm³/mol. The molecule has 2 heterocycles. The first-order valence-corrected chi connectivity index (χ1v) is 14.3. The van der Waals surface area contributed by atoms with Crippen LogP contribution in [0.2, 0.25) is 0 Å². The number of amides is 1. The average molecular weight is 574 g/mol. The minimum atomic E-state index is -3.91. The second kappa shape index (κ2) is 11.9. The predicted octanol–water partition coefficient (Wildman–Crippen LogP) is 4.68. The lowest BCUT2D eigenvalue weighted by molar-refractivity contribution is -0.115. The van der Waals surface area contributed by atoms with Crippen LogP contribution in [0.1, 0.15) is 30.2 Å². The Hall–Kier alpha value is -4.85. The Morgan fingerprint density at radius 2 is 1.77 bits per heavy atom. The van der Waals surface area contributed by atoms with Crippen molar-refractivity contribution in [3.05, 3.63) is 77.6 Å². The summed E-state index contributed by atoms with van der Waals surface area (Å²) in [5.74, 6) is 0.0940. The topological polar surface area (TPSA) is 188 Å². The van der Waals surface area contributed by atoms with Gasteiger partial charge in [-0.15, -0.1) is 0 Å². The molecule has 0 radical (unpaired) electrons. The SMILES string of the molecule is CCC(Sc1nc(N)c(C#N)c(-c2ccccc2)c1C#N)C(=O)Nc1ccc(S(=O)(=O)Nc2cc(C)on2)cc1. The molecule has 2 aromatic heterocycles. The van der Waals surface area contributed by atoms with Gasteiger partial charge in [-0.05, 0) is 43.2 Å². The number of rotatable bonds is 9. The molecule has 1 unspecified atom stereocenters. The number of pyridine rings is 1. The molecule has 4 rings (SSSR count). The number of anilines is 3. The fourth-order valence-corrected chi connectivity index (χ4v) is 5.79. The lowest BCUT2D eigenvalue weighted by atomic mass is 9.97. The molecule has 0 saturated heterocycles. The van der Waals surface area contributed by atoms with Gasteiger partial charge in [-0.25, -0.2) is 13.4 Å². The average Bonchev–Trinajstić information content (AvgIpc) is 3.35. The molecule has 1 atom stereocenters. The second-order valence-corrected chi connectivity index (χ2v) is 11.3. The van der Waals surface area contributed by atoms with E-state index in [1.54, 1.807) is 38.1 Å². The van der Waals surface area contributed by atoms with E-state index in [1.165, 1.54) is 30.3 Å². The first-order valence-electron chi connectivity index (χ1n) is 11.9. The summed E-state index contributed by atoms with van der Waals surface area (Å²) in [6, 6.07) is 20.1. The third kappa shape index (κ3) is 6.07. The molecular formula is C27H23N7O4S2. The van der Waals surface area contributed by atoms with Crippen molar-refractivity contribution in [2.75, 3.05) is 15.8 Å². The van der Waals surface area contributed by atoms with Gasteiger partial charge < -0.3 is 15.6 Å². The van der Waals surface area contributed by atoms with Crippen molar-refractivity contribution in [1.29, 1.82) is 10.5 Å². The number of hydrogen-bond acceptors (Lipinski definition) is 10. The van der Waals surface area contributed by atoms with Crippen LogP contribution in [-0.2, 0) is 14.8 Å². The van der Waals surface area contributed by atoms with Crippen LogP contribution < -0.4 is 15.8 Å². The maximum atomic E-state index is 13.2. The molecule has 11 nitrogen and oxygen atoms in total. The first-order chi connectivity index (χ1) is 19.2. The van der Waals surface area contributed by atoms with E-state index in [0.29, 0.717) is 29.0 Å². The quantitative estimate of drug-likeness (QED) is 0.237. The van der Waals surface area contributed by atoms with Gasteiger partial charge in [0.2, 0.25) is 5.91 Å². The van der Waals surface area contributed by atoms with E-state index in [2.05, 4.69) is 26.2 Å². The number of nitriles is 2. The summed E-state index contributed by atoms with van der Waals surface area (Å²) in [6.45, 7) is 3.45. The van der Waals surface area contributed by atoms with Gasteiger partial charge >= 0.3 is 0 Å². The molecule has 0 fully saturated rings. The fourth-order valence-electron chi connectivity index (χ4n) is 3.79. The number of carbonyl (C=O) groups excluding carboxylic acids is 1. The molecular weight excluding hydrogens is 550 g/mol. The van der Waals surface area contributed by atoms with E-state index < -0.39 is 15.3 Å². The zero-order valence-corrected chi connectivity index (χ0v) is 23.0.